The minimum absolute atomic E-state index is 0.0832. The van der Waals surface area contributed by atoms with Crippen molar-refractivity contribution in [3.63, 3.8) is 0 Å². The SMILES string of the molecule is CCCc1ccc(CCC2CCC(C3=CCC(CC)C(F)=C3F)CC2)c(F)c1. The van der Waals surface area contributed by atoms with E-state index in [4.69, 9.17) is 0 Å². The quantitative estimate of drug-likeness (QED) is 0.442. The number of benzene rings is 1. The van der Waals surface area contributed by atoms with Crippen molar-refractivity contribution in [1.82, 2.24) is 0 Å². The number of halogens is 3. The van der Waals surface area contributed by atoms with Gasteiger partial charge in [-0.05, 0) is 92.4 Å². The van der Waals surface area contributed by atoms with Crippen LogP contribution in [0.5, 0.6) is 0 Å². The first-order valence-electron chi connectivity index (χ1n) is 11.1. The summed E-state index contributed by atoms with van der Waals surface area (Å²) in [5, 5.41) is 0. The summed E-state index contributed by atoms with van der Waals surface area (Å²) in [7, 11) is 0. The van der Waals surface area contributed by atoms with Gasteiger partial charge in [0.15, 0.2) is 5.83 Å². The molecule has 2 aliphatic carbocycles. The lowest BCUT2D eigenvalue weighted by Crippen LogP contribution is -2.19. The van der Waals surface area contributed by atoms with Gasteiger partial charge in [-0.15, -0.1) is 0 Å². The molecule has 28 heavy (non-hydrogen) atoms. The van der Waals surface area contributed by atoms with E-state index in [1.807, 2.05) is 25.1 Å². The van der Waals surface area contributed by atoms with Crippen LogP contribution in [-0.4, -0.2) is 0 Å². The van der Waals surface area contributed by atoms with Crippen LogP contribution in [0.2, 0.25) is 0 Å². The highest BCUT2D eigenvalue weighted by molar-refractivity contribution is 5.35. The van der Waals surface area contributed by atoms with Crippen LogP contribution in [-0.2, 0) is 12.8 Å². The summed E-state index contributed by atoms with van der Waals surface area (Å²) in [6.45, 7) is 4.01. The lowest BCUT2D eigenvalue weighted by Gasteiger charge is -2.31. The molecule has 3 heteroatoms. The van der Waals surface area contributed by atoms with E-state index in [-0.39, 0.29) is 17.7 Å². The maximum Gasteiger partial charge on any atom is 0.158 e. The van der Waals surface area contributed by atoms with E-state index in [2.05, 4.69) is 6.92 Å². The first-order chi connectivity index (χ1) is 13.5. The van der Waals surface area contributed by atoms with Gasteiger partial charge in [0.1, 0.15) is 11.6 Å². The number of rotatable bonds is 7. The second kappa shape index (κ2) is 9.80. The van der Waals surface area contributed by atoms with Crippen LogP contribution in [0.4, 0.5) is 13.2 Å². The zero-order valence-corrected chi connectivity index (χ0v) is 17.2. The Bertz CT molecular complexity index is 723. The molecule has 1 atom stereocenters. The van der Waals surface area contributed by atoms with Gasteiger partial charge in [0.2, 0.25) is 0 Å². The molecule has 3 rings (SSSR count). The van der Waals surface area contributed by atoms with E-state index in [1.165, 1.54) is 0 Å². The van der Waals surface area contributed by atoms with Crippen molar-refractivity contribution in [2.75, 3.05) is 0 Å². The molecule has 0 saturated heterocycles. The van der Waals surface area contributed by atoms with Gasteiger partial charge in [-0.1, -0.05) is 38.5 Å². The van der Waals surface area contributed by atoms with E-state index >= 15 is 0 Å². The van der Waals surface area contributed by atoms with Crippen LogP contribution < -0.4 is 0 Å². The van der Waals surface area contributed by atoms with Gasteiger partial charge in [-0.3, -0.25) is 0 Å². The molecule has 0 spiro atoms. The highest BCUT2D eigenvalue weighted by atomic mass is 19.2. The molecular formula is C25H33F3. The average Bonchev–Trinajstić information content (AvgIpc) is 2.70. The molecule has 0 aromatic heterocycles. The Morgan fingerprint density at radius 1 is 0.964 bits per heavy atom. The molecule has 154 valence electrons. The normalized spacial score (nSPS) is 25.8. The van der Waals surface area contributed by atoms with Gasteiger partial charge < -0.3 is 0 Å². The number of hydrogen-bond donors (Lipinski definition) is 0. The highest BCUT2D eigenvalue weighted by Gasteiger charge is 2.31. The maximum atomic E-state index is 14.5. The minimum Gasteiger partial charge on any atom is -0.208 e. The molecule has 0 nitrogen and oxygen atoms in total. The number of hydrogen-bond acceptors (Lipinski definition) is 0. The van der Waals surface area contributed by atoms with E-state index < -0.39 is 11.7 Å². The Morgan fingerprint density at radius 3 is 2.36 bits per heavy atom. The third kappa shape index (κ3) is 4.90. The van der Waals surface area contributed by atoms with Gasteiger partial charge in [0, 0.05) is 5.92 Å². The lowest BCUT2D eigenvalue weighted by molar-refractivity contribution is 0.279. The minimum atomic E-state index is -0.587. The Labute approximate surface area is 167 Å². The van der Waals surface area contributed by atoms with Crippen LogP contribution in [0.25, 0.3) is 0 Å². The van der Waals surface area contributed by atoms with Gasteiger partial charge in [0.25, 0.3) is 0 Å². The van der Waals surface area contributed by atoms with E-state index in [9.17, 15) is 13.2 Å². The standard InChI is InChI=1S/C25H33F3/c1-3-5-18-9-13-21(23(26)16-18)12-8-17-6-10-20(11-7-17)22-15-14-19(4-2)24(27)25(22)28/h9,13,15-17,19-20H,3-8,10-12,14H2,1-2H3. The summed E-state index contributed by atoms with van der Waals surface area (Å²) in [5.41, 5.74) is 2.48. The van der Waals surface area contributed by atoms with Crippen molar-refractivity contribution in [1.29, 1.82) is 0 Å². The monoisotopic (exact) mass is 390 g/mol. The van der Waals surface area contributed by atoms with Crippen molar-refractivity contribution < 1.29 is 13.2 Å². The van der Waals surface area contributed by atoms with Gasteiger partial charge >= 0.3 is 0 Å². The van der Waals surface area contributed by atoms with Crippen LogP contribution in [0.15, 0.2) is 41.5 Å². The molecule has 1 aromatic rings. The Balaban J connectivity index is 1.50. The highest BCUT2D eigenvalue weighted by Crippen LogP contribution is 2.43. The molecule has 1 unspecified atom stereocenters. The number of aryl methyl sites for hydroxylation is 2. The molecule has 0 N–H and O–H groups in total. The van der Waals surface area contributed by atoms with Gasteiger partial charge in [0.05, 0.1) is 0 Å². The van der Waals surface area contributed by atoms with E-state index in [1.54, 1.807) is 6.07 Å². The summed E-state index contributed by atoms with van der Waals surface area (Å²) in [4.78, 5) is 0. The van der Waals surface area contributed by atoms with Crippen molar-refractivity contribution in [2.45, 2.75) is 78.1 Å². The zero-order valence-electron chi connectivity index (χ0n) is 17.2. The smallest absolute Gasteiger partial charge is 0.158 e. The van der Waals surface area contributed by atoms with Crippen LogP contribution in [0.3, 0.4) is 0 Å². The van der Waals surface area contributed by atoms with Crippen LogP contribution in [0, 0.1) is 23.6 Å². The second-order valence-electron chi connectivity index (χ2n) is 8.59. The third-order valence-electron chi connectivity index (χ3n) is 6.70. The molecule has 0 radical (unpaired) electrons. The molecular weight excluding hydrogens is 357 g/mol. The van der Waals surface area contributed by atoms with E-state index in [0.717, 1.165) is 62.5 Å². The fraction of sp³-hybridized carbons (Fsp3) is 0.600. The Morgan fingerprint density at radius 2 is 1.71 bits per heavy atom. The Hall–Kier alpha value is -1.51. The fourth-order valence-corrected chi connectivity index (χ4v) is 4.83. The number of allylic oxidation sites excluding steroid dienone is 4. The Kier molecular flexibility index (Phi) is 7.42. The average molecular weight is 391 g/mol. The fourth-order valence-electron chi connectivity index (χ4n) is 4.83. The van der Waals surface area contributed by atoms with Crippen molar-refractivity contribution in [3.8, 4) is 0 Å². The predicted molar refractivity (Wildman–Crippen MR) is 110 cm³/mol. The summed E-state index contributed by atoms with van der Waals surface area (Å²) < 4.78 is 42.9. The zero-order chi connectivity index (χ0) is 20.1. The molecule has 1 aromatic carbocycles. The molecule has 0 aliphatic heterocycles. The van der Waals surface area contributed by atoms with Crippen molar-refractivity contribution in [3.05, 3.63) is 58.4 Å². The second-order valence-corrected chi connectivity index (χ2v) is 8.59. The van der Waals surface area contributed by atoms with Gasteiger partial charge in [-0.25, -0.2) is 13.2 Å². The summed E-state index contributed by atoms with van der Waals surface area (Å²) in [5.74, 6) is -0.793. The molecule has 2 aliphatic rings. The molecule has 0 bridgehead atoms. The van der Waals surface area contributed by atoms with Crippen LogP contribution >= 0.6 is 0 Å². The molecule has 0 amide bonds. The van der Waals surface area contributed by atoms with Crippen LogP contribution in [0.1, 0.15) is 76.3 Å². The lowest BCUT2D eigenvalue weighted by atomic mass is 9.74. The topological polar surface area (TPSA) is 0 Å². The summed E-state index contributed by atoms with van der Waals surface area (Å²) in [6.07, 6.45) is 10.7. The largest absolute Gasteiger partial charge is 0.208 e. The van der Waals surface area contributed by atoms with E-state index in [0.29, 0.717) is 24.3 Å². The third-order valence-corrected chi connectivity index (χ3v) is 6.70. The van der Waals surface area contributed by atoms with Crippen molar-refractivity contribution in [2.24, 2.45) is 17.8 Å². The van der Waals surface area contributed by atoms with Crippen molar-refractivity contribution >= 4 is 0 Å². The molecule has 1 fully saturated rings. The maximum absolute atomic E-state index is 14.5. The predicted octanol–water partition coefficient (Wildman–Crippen LogP) is 8.02. The molecule has 0 heterocycles. The van der Waals surface area contributed by atoms with Gasteiger partial charge in [-0.2, -0.15) is 0 Å². The molecule has 1 saturated carbocycles. The first kappa shape index (κ1) is 21.2. The first-order valence-corrected chi connectivity index (χ1v) is 11.1. The summed E-state index contributed by atoms with van der Waals surface area (Å²) >= 11 is 0. The summed E-state index contributed by atoms with van der Waals surface area (Å²) in [6, 6.07) is 5.66.